The maximum atomic E-state index is 13.0. The van der Waals surface area contributed by atoms with Crippen molar-refractivity contribution in [1.29, 1.82) is 0 Å². The van der Waals surface area contributed by atoms with Gasteiger partial charge in [0.1, 0.15) is 18.1 Å². The first-order valence-electron chi connectivity index (χ1n) is 9.62. The van der Waals surface area contributed by atoms with E-state index in [1.165, 1.54) is 7.11 Å². The number of carbonyl (C=O) groups is 4. The Hall–Kier alpha value is -3.30. The van der Waals surface area contributed by atoms with E-state index in [-0.39, 0.29) is 12.7 Å². The minimum absolute atomic E-state index is 0.0830. The molecule has 4 amide bonds. The minimum Gasteiger partial charge on any atom is -0.467 e. The van der Waals surface area contributed by atoms with Crippen LogP contribution in [0.3, 0.4) is 0 Å². The molecule has 2 heterocycles. The molecule has 3 atom stereocenters. The Kier molecular flexibility index (Phi) is 5.86. The highest BCUT2D eigenvalue weighted by atomic mass is 16.7. The number of esters is 1. The average molecular weight is 419 g/mol. The molecule has 1 fully saturated rings. The number of hydrogen-bond acceptors (Lipinski definition) is 7. The van der Waals surface area contributed by atoms with Crippen LogP contribution in [0.25, 0.3) is 0 Å². The van der Waals surface area contributed by atoms with Crippen molar-refractivity contribution >= 4 is 23.8 Å². The Bertz CT molecular complexity index is 887. The van der Waals surface area contributed by atoms with Crippen molar-refractivity contribution in [2.75, 3.05) is 20.4 Å². The van der Waals surface area contributed by atoms with Crippen LogP contribution in [0, 0.1) is 5.92 Å². The third kappa shape index (κ3) is 3.77. The predicted octanol–water partition coefficient (Wildman–Crippen LogP) is 0.886. The number of ether oxygens (including phenoxy) is 3. The van der Waals surface area contributed by atoms with Crippen LogP contribution in [-0.2, 0) is 24.7 Å². The lowest BCUT2D eigenvalue weighted by Gasteiger charge is -2.24. The van der Waals surface area contributed by atoms with Gasteiger partial charge in [-0.1, -0.05) is 26.3 Å². The average Bonchev–Trinajstić information content (AvgIpc) is 3.29. The molecule has 0 bridgehead atoms. The monoisotopic (exact) mass is 419 g/mol. The number of carbonyl (C=O) groups excluding carboxylic acids is 4. The Labute approximate surface area is 173 Å². The minimum atomic E-state index is -1.36. The fourth-order valence-electron chi connectivity index (χ4n) is 3.40. The molecule has 2 N–H and O–H groups in total. The van der Waals surface area contributed by atoms with E-state index in [2.05, 4.69) is 10.6 Å². The fraction of sp³-hybridized carbons (Fsp3) is 0.500. The molecule has 10 nitrogen and oxygen atoms in total. The van der Waals surface area contributed by atoms with E-state index in [1.807, 2.05) is 6.92 Å². The molecule has 2 aliphatic heterocycles. The Morgan fingerprint density at radius 2 is 2.00 bits per heavy atom. The second-order valence-electron chi connectivity index (χ2n) is 7.47. The fourth-order valence-corrected chi connectivity index (χ4v) is 3.40. The van der Waals surface area contributed by atoms with E-state index in [0.29, 0.717) is 23.5 Å². The smallest absolute Gasteiger partial charge is 0.328 e. The molecule has 30 heavy (non-hydrogen) atoms. The van der Waals surface area contributed by atoms with Gasteiger partial charge in [-0.3, -0.25) is 14.5 Å². The zero-order valence-electron chi connectivity index (χ0n) is 17.3. The summed E-state index contributed by atoms with van der Waals surface area (Å²) in [6.45, 7) is 4.79. The number of methoxy groups -OCH3 is 1. The first kappa shape index (κ1) is 21.4. The summed E-state index contributed by atoms with van der Waals surface area (Å²) < 4.78 is 15.3. The summed E-state index contributed by atoms with van der Waals surface area (Å²) in [6, 6.07) is 3.37. The summed E-state index contributed by atoms with van der Waals surface area (Å²) in [5, 5.41) is 5.20. The predicted molar refractivity (Wildman–Crippen MR) is 104 cm³/mol. The topological polar surface area (TPSA) is 123 Å². The van der Waals surface area contributed by atoms with Gasteiger partial charge in [-0.2, -0.15) is 0 Å². The summed E-state index contributed by atoms with van der Waals surface area (Å²) in [5.74, 6) is -0.956. The van der Waals surface area contributed by atoms with Gasteiger partial charge in [0, 0.05) is 0 Å². The number of amides is 4. The molecule has 1 aromatic carbocycles. The first-order chi connectivity index (χ1) is 14.2. The van der Waals surface area contributed by atoms with Crippen LogP contribution < -0.4 is 20.1 Å². The number of fused-ring (bicyclic) bond motifs is 1. The van der Waals surface area contributed by atoms with E-state index in [1.54, 1.807) is 32.0 Å². The van der Waals surface area contributed by atoms with E-state index < -0.39 is 41.9 Å². The summed E-state index contributed by atoms with van der Waals surface area (Å²) in [4.78, 5) is 50.8. The van der Waals surface area contributed by atoms with Crippen LogP contribution >= 0.6 is 0 Å². The van der Waals surface area contributed by atoms with Crippen LogP contribution in [0.5, 0.6) is 11.5 Å². The van der Waals surface area contributed by atoms with Crippen molar-refractivity contribution < 1.29 is 33.4 Å². The normalized spacial score (nSPS) is 21.8. The SMILES string of the molecule is CC[C@@H](C)[C@H](NC(=O)CN1C(=O)N[C@](C)(c2ccc3c(c2)OCO3)C1=O)C(=O)OC. The van der Waals surface area contributed by atoms with Gasteiger partial charge in [0.2, 0.25) is 12.7 Å². The lowest BCUT2D eigenvalue weighted by Crippen LogP contribution is -2.50. The molecule has 0 aromatic heterocycles. The molecule has 0 spiro atoms. The molecule has 0 saturated carbocycles. The van der Waals surface area contributed by atoms with Crippen molar-refractivity contribution in [1.82, 2.24) is 15.5 Å². The van der Waals surface area contributed by atoms with Gasteiger partial charge in [-0.25, -0.2) is 9.59 Å². The molecule has 0 radical (unpaired) electrons. The molecule has 1 aromatic rings. The summed E-state index contributed by atoms with van der Waals surface area (Å²) in [5.41, 5.74) is -0.864. The third-order valence-electron chi connectivity index (χ3n) is 5.51. The van der Waals surface area contributed by atoms with E-state index in [9.17, 15) is 19.2 Å². The van der Waals surface area contributed by atoms with Gasteiger partial charge in [0.25, 0.3) is 5.91 Å². The zero-order valence-corrected chi connectivity index (χ0v) is 17.3. The van der Waals surface area contributed by atoms with Gasteiger partial charge in [-0.05, 0) is 30.5 Å². The number of urea groups is 1. The van der Waals surface area contributed by atoms with Crippen molar-refractivity contribution in [3.05, 3.63) is 23.8 Å². The van der Waals surface area contributed by atoms with Crippen molar-refractivity contribution in [3.8, 4) is 11.5 Å². The molecular weight excluding hydrogens is 394 g/mol. The van der Waals surface area contributed by atoms with Gasteiger partial charge >= 0.3 is 12.0 Å². The highest BCUT2D eigenvalue weighted by molar-refractivity contribution is 6.09. The molecule has 1 saturated heterocycles. The number of benzene rings is 1. The second kappa shape index (κ2) is 8.21. The molecule has 162 valence electrons. The van der Waals surface area contributed by atoms with Crippen LogP contribution in [0.4, 0.5) is 4.79 Å². The lowest BCUT2D eigenvalue weighted by atomic mass is 9.91. The Balaban J connectivity index is 1.74. The van der Waals surface area contributed by atoms with Crippen LogP contribution in [0.1, 0.15) is 32.8 Å². The van der Waals surface area contributed by atoms with Crippen molar-refractivity contribution in [3.63, 3.8) is 0 Å². The van der Waals surface area contributed by atoms with Gasteiger partial charge in [0.15, 0.2) is 11.5 Å². The molecular formula is C20H25N3O7. The van der Waals surface area contributed by atoms with E-state index in [0.717, 1.165) is 4.90 Å². The molecule has 0 aliphatic carbocycles. The quantitative estimate of drug-likeness (QED) is 0.497. The maximum Gasteiger partial charge on any atom is 0.328 e. The number of hydrogen-bond donors (Lipinski definition) is 2. The van der Waals surface area contributed by atoms with Crippen molar-refractivity contribution in [2.24, 2.45) is 5.92 Å². The second-order valence-corrected chi connectivity index (χ2v) is 7.47. The van der Waals surface area contributed by atoms with Gasteiger partial charge in [-0.15, -0.1) is 0 Å². The third-order valence-corrected chi connectivity index (χ3v) is 5.51. The highest BCUT2D eigenvalue weighted by Gasteiger charge is 2.50. The lowest BCUT2D eigenvalue weighted by molar-refractivity contribution is -0.146. The van der Waals surface area contributed by atoms with Gasteiger partial charge < -0.3 is 24.8 Å². The Morgan fingerprint density at radius 1 is 1.30 bits per heavy atom. The standard InChI is InChI=1S/C20H25N3O7/c1-5-11(2)16(17(25)28-4)21-15(24)9-23-18(26)20(3,22-19(23)27)12-6-7-13-14(8-12)30-10-29-13/h6-8,11,16H,5,9-10H2,1-4H3,(H,21,24)(H,22,27)/t11-,16+,20-/m1/s1. The number of nitrogens with one attached hydrogen (secondary N) is 2. The summed E-state index contributed by atoms with van der Waals surface area (Å²) in [6.07, 6.45) is 0.630. The van der Waals surface area contributed by atoms with Crippen LogP contribution in [0.2, 0.25) is 0 Å². The largest absolute Gasteiger partial charge is 0.467 e. The Morgan fingerprint density at radius 3 is 2.67 bits per heavy atom. The molecule has 0 unspecified atom stereocenters. The number of nitrogens with zero attached hydrogens (tertiary/aromatic N) is 1. The van der Waals surface area contributed by atoms with E-state index >= 15 is 0 Å². The number of imide groups is 1. The zero-order chi connectivity index (χ0) is 22.1. The van der Waals surface area contributed by atoms with Crippen LogP contribution in [0.15, 0.2) is 18.2 Å². The molecule has 2 aliphatic rings. The highest BCUT2D eigenvalue weighted by Crippen LogP contribution is 2.37. The molecule has 10 heteroatoms. The summed E-state index contributed by atoms with van der Waals surface area (Å²) in [7, 11) is 1.23. The van der Waals surface area contributed by atoms with Crippen molar-refractivity contribution in [2.45, 2.75) is 38.8 Å². The maximum absolute atomic E-state index is 13.0. The molecule has 3 rings (SSSR count). The van der Waals surface area contributed by atoms with Gasteiger partial charge in [0.05, 0.1) is 7.11 Å². The van der Waals surface area contributed by atoms with Crippen LogP contribution in [-0.4, -0.2) is 55.2 Å². The number of rotatable bonds is 7. The summed E-state index contributed by atoms with van der Waals surface area (Å²) >= 11 is 0. The first-order valence-corrected chi connectivity index (χ1v) is 9.62. The van der Waals surface area contributed by atoms with E-state index in [4.69, 9.17) is 14.2 Å².